The van der Waals surface area contributed by atoms with E-state index in [0.29, 0.717) is 47.5 Å². The molecule has 12 heteroatoms. The summed E-state index contributed by atoms with van der Waals surface area (Å²) in [6.45, 7) is 4.43. The Balaban J connectivity index is 1.62. The van der Waals surface area contributed by atoms with Crippen LogP contribution in [0.4, 0.5) is 9.80 Å². The topological polar surface area (TPSA) is 118 Å². The number of aromatic nitrogens is 1. The summed E-state index contributed by atoms with van der Waals surface area (Å²) in [6.07, 6.45) is 0.303. The minimum absolute atomic E-state index is 0.0292. The average molecular weight is 538 g/mol. The molecular formula is C23H26ClN4O5S2+. The molecule has 2 aromatic carbocycles. The highest BCUT2D eigenvalue weighted by Gasteiger charge is 2.42. The number of carboxylic acid groups (broad SMARTS) is 1. The first-order chi connectivity index (χ1) is 16.6. The predicted octanol–water partition coefficient (Wildman–Crippen LogP) is 3.26. The van der Waals surface area contributed by atoms with Gasteiger partial charge in [-0.15, -0.1) is 4.99 Å². The van der Waals surface area contributed by atoms with Crippen LogP contribution in [0, 0.1) is 0 Å². The van der Waals surface area contributed by atoms with Gasteiger partial charge in [-0.3, -0.25) is 0 Å². The number of sulfone groups is 1. The van der Waals surface area contributed by atoms with Crippen molar-refractivity contribution in [3.8, 4) is 0 Å². The molecule has 1 saturated heterocycles. The van der Waals surface area contributed by atoms with E-state index < -0.39 is 15.9 Å². The van der Waals surface area contributed by atoms with Crippen LogP contribution in [0.15, 0.2) is 52.5 Å². The number of thiazole rings is 1. The molecule has 0 aliphatic carbocycles. The third-order valence-corrected chi connectivity index (χ3v) is 9.32. The van der Waals surface area contributed by atoms with Gasteiger partial charge in [0.1, 0.15) is 13.1 Å². The molecule has 0 bridgehead atoms. The lowest BCUT2D eigenvalue weighted by molar-refractivity contribution is -0.130. The molecule has 1 aromatic heterocycles. The SMILES string of the molecule is CCn1cc([N+]2(C(=O)CCS(=O)(=O)c3ccc4cc(Cl)ccc4c3)CCNCC2)sc1=NC(=O)O. The van der Waals surface area contributed by atoms with Crippen molar-refractivity contribution in [2.24, 2.45) is 4.99 Å². The first-order valence-corrected chi connectivity index (χ1v) is 14.0. The number of nitrogens with one attached hydrogen (secondary N) is 1. The Morgan fingerprint density at radius 2 is 1.86 bits per heavy atom. The third kappa shape index (κ3) is 5.34. The van der Waals surface area contributed by atoms with Gasteiger partial charge in [0.2, 0.25) is 9.80 Å². The van der Waals surface area contributed by atoms with Crippen molar-refractivity contribution in [3.63, 3.8) is 0 Å². The molecule has 2 heterocycles. The van der Waals surface area contributed by atoms with Crippen LogP contribution < -0.4 is 14.6 Å². The number of aryl methyl sites for hydroxylation is 1. The molecule has 1 aliphatic heterocycles. The summed E-state index contributed by atoms with van der Waals surface area (Å²) in [5.41, 5.74) is 0. The molecule has 0 radical (unpaired) electrons. The molecule has 1 fully saturated rings. The number of hydrogen-bond acceptors (Lipinski definition) is 6. The number of quaternary nitrogens is 1. The lowest BCUT2D eigenvalue weighted by Gasteiger charge is -2.37. The van der Waals surface area contributed by atoms with Crippen LogP contribution in [0.1, 0.15) is 13.3 Å². The van der Waals surface area contributed by atoms with E-state index in [4.69, 9.17) is 16.7 Å². The highest BCUT2D eigenvalue weighted by molar-refractivity contribution is 7.91. The fourth-order valence-corrected chi connectivity index (χ4v) is 6.96. The van der Waals surface area contributed by atoms with E-state index in [2.05, 4.69) is 10.3 Å². The van der Waals surface area contributed by atoms with Crippen molar-refractivity contribution < 1.29 is 23.1 Å². The number of rotatable bonds is 6. The summed E-state index contributed by atoms with van der Waals surface area (Å²) < 4.78 is 27.9. The number of amides is 2. The van der Waals surface area contributed by atoms with Gasteiger partial charge in [0.05, 0.1) is 23.3 Å². The average Bonchev–Trinajstić information content (AvgIpc) is 3.25. The van der Waals surface area contributed by atoms with E-state index in [9.17, 15) is 18.0 Å². The fourth-order valence-electron chi connectivity index (χ4n) is 4.27. The minimum Gasteiger partial charge on any atom is -0.463 e. The Labute approximate surface area is 211 Å². The van der Waals surface area contributed by atoms with Crippen molar-refractivity contribution in [1.82, 2.24) is 14.4 Å². The van der Waals surface area contributed by atoms with E-state index in [1.807, 2.05) is 6.92 Å². The standard InChI is InChI=1S/C23H25ClN4O5S2/c1-2-27-15-21(34-22(27)26-23(30)31)28(10-8-25-9-11-28)20(29)7-12-35(32,33)19-6-4-16-13-18(24)5-3-17(16)14-19/h3-6,13-15,25H,2,7-12H2,1H3/p+1. The van der Waals surface area contributed by atoms with Crippen molar-refractivity contribution in [1.29, 1.82) is 0 Å². The molecule has 4 rings (SSSR count). The molecule has 1 aliphatic rings. The van der Waals surface area contributed by atoms with Gasteiger partial charge >= 0.3 is 12.0 Å². The normalized spacial score (nSPS) is 16.5. The number of carbonyl (C=O) groups excluding carboxylic acids is 1. The van der Waals surface area contributed by atoms with Gasteiger partial charge in [0, 0.05) is 24.7 Å². The lowest BCUT2D eigenvalue weighted by atomic mass is 10.1. The Morgan fingerprint density at radius 3 is 2.54 bits per heavy atom. The first kappa shape index (κ1) is 25.5. The zero-order valence-electron chi connectivity index (χ0n) is 19.1. The summed E-state index contributed by atoms with van der Waals surface area (Å²) in [4.78, 5) is 28.9. The van der Waals surface area contributed by atoms with Crippen LogP contribution in [0.3, 0.4) is 0 Å². The number of nitrogens with zero attached hydrogens (tertiary/aromatic N) is 3. The predicted molar refractivity (Wildman–Crippen MR) is 137 cm³/mol. The van der Waals surface area contributed by atoms with Crippen LogP contribution in [0.5, 0.6) is 0 Å². The minimum atomic E-state index is -3.71. The van der Waals surface area contributed by atoms with Crippen LogP contribution in [-0.4, -0.2) is 62.0 Å². The van der Waals surface area contributed by atoms with E-state index in [1.165, 1.54) is 6.07 Å². The molecule has 186 valence electrons. The van der Waals surface area contributed by atoms with E-state index in [1.54, 1.807) is 41.1 Å². The van der Waals surface area contributed by atoms with Crippen molar-refractivity contribution in [3.05, 3.63) is 52.4 Å². The van der Waals surface area contributed by atoms with Gasteiger partial charge in [-0.25, -0.2) is 22.5 Å². The second-order valence-corrected chi connectivity index (χ2v) is 11.8. The summed E-state index contributed by atoms with van der Waals surface area (Å²) in [5, 5.41) is 15.2. The summed E-state index contributed by atoms with van der Waals surface area (Å²) in [7, 11) is -3.71. The zero-order valence-corrected chi connectivity index (χ0v) is 21.5. The molecule has 35 heavy (non-hydrogen) atoms. The van der Waals surface area contributed by atoms with E-state index in [-0.39, 0.29) is 27.5 Å². The second kappa shape index (κ2) is 10.2. The fraction of sp³-hybridized carbons (Fsp3) is 0.348. The van der Waals surface area contributed by atoms with Crippen LogP contribution >= 0.6 is 22.9 Å². The number of benzene rings is 2. The van der Waals surface area contributed by atoms with Crippen molar-refractivity contribution >= 4 is 60.5 Å². The van der Waals surface area contributed by atoms with E-state index >= 15 is 0 Å². The van der Waals surface area contributed by atoms with Crippen molar-refractivity contribution in [2.75, 3.05) is 31.9 Å². The van der Waals surface area contributed by atoms with Crippen LogP contribution in [0.25, 0.3) is 10.8 Å². The Hall–Kier alpha value is -2.57. The number of fused-ring (bicyclic) bond motifs is 1. The smallest absolute Gasteiger partial charge is 0.433 e. The summed E-state index contributed by atoms with van der Waals surface area (Å²) in [6, 6.07) is 10.1. The maximum atomic E-state index is 13.6. The third-order valence-electron chi connectivity index (χ3n) is 6.20. The molecule has 0 atom stereocenters. The maximum absolute atomic E-state index is 13.6. The van der Waals surface area contributed by atoms with Gasteiger partial charge in [0.15, 0.2) is 9.84 Å². The Kier molecular flexibility index (Phi) is 7.43. The van der Waals surface area contributed by atoms with Gasteiger partial charge < -0.3 is 15.0 Å². The van der Waals surface area contributed by atoms with Gasteiger partial charge in [-0.05, 0) is 53.3 Å². The molecule has 0 unspecified atom stereocenters. The zero-order chi connectivity index (χ0) is 25.2. The second-order valence-electron chi connectivity index (χ2n) is 8.31. The maximum Gasteiger partial charge on any atom is 0.433 e. The summed E-state index contributed by atoms with van der Waals surface area (Å²) in [5.74, 6) is -0.529. The lowest BCUT2D eigenvalue weighted by Crippen LogP contribution is -2.63. The molecule has 3 aromatic rings. The Bertz CT molecular complexity index is 1460. The van der Waals surface area contributed by atoms with Gasteiger partial charge in [-0.2, -0.15) is 0 Å². The molecule has 2 N–H and O–H groups in total. The highest BCUT2D eigenvalue weighted by Crippen LogP contribution is 2.30. The molecule has 0 spiro atoms. The summed E-state index contributed by atoms with van der Waals surface area (Å²) >= 11 is 7.18. The van der Waals surface area contributed by atoms with Gasteiger partial charge in [-0.1, -0.05) is 23.7 Å². The Morgan fingerprint density at radius 1 is 1.17 bits per heavy atom. The molecular weight excluding hydrogens is 512 g/mol. The molecule has 0 saturated carbocycles. The van der Waals surface area contributed by atoms with E-state index in [0.717, 1.165) is 22.1 Å². The number of halogens is 1. The van der Waals surface area contributed by atoms with Crippen molar-refractivity contribution in [2.45, 2.75) is 24.8 Å². The molecule has 9 nitrogen and oxygen atoms in total. The molecule has 2 amide bonds. The van der Waals surface area contributed by atoms with Crippen LogP contribution in [0.2, 0.25) is 5.02 Å². The quantitative estimate of drug-likeness (QED) is 0.466. The number of hydrogen-bond donors (Lipinski definition) is 2. The monoisotopic (exact) mass is 537 g/mol. The highest BCUT2D eigenvalue weighted by atomic mass is 35.5. The number of piperazine rings is 1. The largest absolute Gasteiger partial charge is 0.463 e. The van der Waals surface area contributed by atoms with Crippen LogP contribution in [-0.2, 0) is 21.2 Å². The van der Waals surface area contributed by atoms with Gasteiger partial charge in [0.25, 0.3) is 0 Å². The first-order valence-electron chi connectivity index (χ1n) is 11.2. The number of carbonyl (C=O) groups is 2.